The first kappa shape index (κ1) is 14.3. The topological polar surface area (TPSA) is 29.3 Å². The summed E-state index contributed by atoms with van der Waals surface area (Å²) in [6.45, 7) is 12.0. The minimum absolute atomic E-state index is 0.430. The Kier molecular flexibility index (Phi) is 4.71. The minimum Gasteiger partial charge on any atom is -0.327 e. The first-order valence-corrected chi connectivity index (χ1v) is 7.98. The molecule has 1 aliphatic carbocycles. The van der Waals surface area contributed by atoms with Gasteiger partial charge in [-0.3, -0.25) is 4.90 Å². The number of hydrogen-bond donors (Lipinski definition) is 1. The molecule has 1 heterocycles. The number of rotatable bonds is 2. The molecular weight excluding hydrogens is 220 g/mol. The second-order valence-electron chi connectivity index (χ2n) is 7.32. The van der Waals surface area contributed by atoms with Gasteiger partial charge in [0.05, 0.1) is 0 Å². The SMILES string of the molecule is CC1CCC(C(C)C)C(N2CCC(N)C(C)C2)C1. The van der Waals surface area contributed by atoms with Crippen LogP contribution in [0.5, 0.6) is 0 Å². The highest BCUT2D eigenvalue weighted by Crippen LogP contribution is 2.37. The number of likely N-dealkylation sites (tertiary alicyclic amines) is 1. The van der Waals surface area contributed by atoms with E-state index in [1.54, 1.807) is 0 Å². The molecule has 0 aromatic carbocycles. The van der Waals surface area contributed by atoms with E-state index in [4.69, 9.17) is 5.73 Å². The first-order chi connectivity index (χ1) is 8.49. The normalized spacial score (nSPS) is 43.3. The van der Waals surface area contributed by atoms with Crippen molar-refractivity contribution in [2.24, 2.45) is 29.4 Å². The predicted octanol–water partition coefficient (Wildman–Crippen LogP) is 3.12. The number of nitrogens with two attached hydrogens (primary N) is 1. The zero-order valence-corrected chi connectivity index (χ0v) is 12.7. The Balaban J connectivity index is 2.03. The zero-order valence-electron chi connectivity index (χ0n) is 12.7. The van der Waals surface area contributed by atoms with Crippen LogP contribution in [0, 0.1) is 23.7 Å². The van der Waals surface area contributed by atoms with Crippen LogP contribution < -0.4 is 5.73 Å². The molecule has 5 atom stereocenters. The van der Waals surface area contributed by atoms with Gasteiger partial charge < -0.3 is 5.73 Å². The number of piperidine rings is 1. The molecule has 2 fully saturated rings. The molecule has 0 radical (unpaired) electrons. The van der Waals surface area contributed by atoms with Crippen molar-refractivity contribution in [3.05, 3.63) is 0 Å². The molecule has 0 amide bonds. The molecule has 18 heavy (non-hydrogen) atoms. The van der Waals surface area contributed by atoms with E-state index in [2.05, 4.69) is 32.6 Å². The third-order valence-electron chi connectivity index (χ3n) is 5.46. The Bertz CT molecular complexity index is 264. The lowest BCUT2D eigenvalue weighted by Gasteiger charge is -2.47. The minimum atomic E-state index is 0.430. The van der Waals surface area contributed by atoms with E-state index >= 15 is 0 Å². The maximum Gasteiger partial charge on any atom is 0.0129 e. The van der Waals surface area contributed by atoms with Gasteiger partial charge in [-0.05, 0) is 49.5 Å². The number of hydrogen-bond acceptors (Lipinski definition) is 2. The van der Waals surface area contributed by atoms with Crippen LogP contribution in [-0.4, -0.2) is 30.1 Å². The van der Waals surface area contributed by atoms with Crippen molar-refractivity contribution in [1.82, 2.24) is 4.90 Å². The summed E-state index contributed by atoms with van der Waals surface area (Å²) < 4.78 is 0. The molecule has 0 bridgehead atoms. The van der Waals surface area contributed by atoms with Gasteiger partial charge >= 0.3 is 0 Å². The van der Waals surface area contributed by atoms with Gasteiger partial charge in [0.2, 0.25) is 0 Å². The molecule has 0 spiro atoms. The molecule has 2 N–H and O–H groups in total. The molecule has 106 valence electrons. The van der Waals surface area contributed by atoms with E-state index in [9.17, 15) is 0 Å². The lowest BCUT2D eigenvalue weighted by Crippen LogP contribution is -2.53. The summed E-state index contributed by atoms with van der Waals surface area (Å²) in [5, 5.41) is 0. The molecule has 2 heteroatoms. The van der Waals surface area contributed by atoms with Crippen LogP contribution in [-0.2, 0) is 0 Å². The van der Waals surface area contributed by atoms with E-state index in [0.717, 1.165) is 23.8 Å². The molecule has 1 saturated heterocycles. The summed E-state index contributed by atoms with van der Waals surface area (Å²) in [7, 11) is 0. The van der Waals surface area contributed by atoms with Crippen molar-refractivity contribution in [3.8, 4) is 0 Å². The summed E-state index contributed by atoms with van der Waals surface area (Å²) in [4.78, 5) is 2.77. The smallest absolute Gasteiger partial charge is 0.0129 e. The number of nitrogens with zero attached hydrogens (tertiary/aromatic N) is 1. The Hall–Kier alpha value is -0.0800. The lowest BCUT2D eigenvalue weighted by molar-refractivity contribution is 0.0271. The van der Waals surface area contributed by atoms with E-state index in [-0.39, 0.29) is 0 Å². The molecule has 2 aliphatic rings. The van der Waals surface area contributed by atoms with Gasteiger partial charge in [-0.2, -0.15) is 0 Å². The van der Waals surface area contributed by atoms with E-state index in [1.807, 2.05) is 0 Å². The Morgan fingerprint density at radius 2 is 1.83 bits per heavy atom. The molecule has 1 aliphatic heterocycles. The van der Waals surface area contributed by atoms with Crippen molar-refractivity contribution < 1.29 is 0 Å². The molecule has 1 saturated carbocycles. The second-order valence-corrected chi connectivity index (χ2v) is 7.32. The quantitative estimate of drug-likeness (QED) is 0.818. The van der Waals surface area contributed by atoms with Crippen LogP contribution in [0.3, 0.4) is 0 Å². The summed E-state index contributed by atoms with van der Waals surface area (Å²) >= 11 is 0. The van der Waals surface area contributed by atoms with E-state index in [0.29, 0.717) is 12.0 Å². The molecular formula is C16H32N2. The van der Waals surface area contributed by atoms with Crippen molar-refractivity contribution in [2.45, 2.75) is 65.5 Å². The summed E-state index contributed by atoms with van der Waals surface area (Å²) in [6, 6.07) is 1.25. The highest BCUT2D eigenvalue weighted by molar-refractivity contribution is 4.91. The largest absolute Gasteiger partial charge is 0.327 e. The van der Waals surface area contributed by atoms with Gasteiger partial charge in [-0.25, -0.2) is 0 Å². The van der Waals surface area contributed by atoms with Crippen molar-refractivity contribution in [3.63, 3.8) is 0 Å². The van der Waals surface area contributed by atoms with Crippen molar-refractivity contribution >= 4 is 0 Å². The fraction of sp³-hybridized carbons (Fsp3) is 1.00. The predicted molar refractivity (Wildman–Crippen MR) is 78.5 cm³/mol. The van der Waals surface area contributed by atoms with Gasteiger partial charge in [0.15, 0.2) is 0 Å². The average Bonchev–Trinajstić information content (AvgIpc) is 2.32. The Morgan fingerprint density at radius 3 is 2.44 bits per heavy atom. The van der Waals surface area contributed by atoms with Crippen LogP contribution >= 0.6 is 0 Å². The fourth-order valence-corrected chi connectivity index (χ4v) is 4.07. The standard InChI is InChI=1S/C16H32N2/c1-11(2)14-6-5-12(3)9-16(14)18-8-7-15(17)13(4)10-18/h11-16H,5-10,17H2,1-4H3. The molecule has 2 nitrogen and oxygen atoms in total. The van der Waals surface area contributed by atoms with Crippen molar-refractivity contribution in [2.75, 3.05) is 13.1 Å². The molecule has 5 unspecified atom stereocenters. The zero-order chi connectivity index (χ0) is 13.3. The van der Waals surface area contributed by atoms with Crippen LogP contribution in [0.25, 0.3) is 0 Å². The maximum atomic E-state index is 6.17. The lowest BCUT2D eigenvalue weighted by atomic mass is 9.72. The molecule has 0 aromatic heterocycles. The van der Waals surface area contributed by atoms with Crippen LogP contribution in [0.4, 0.5) is 0 Å². The third-order valence-corrected chi connectivity index (χ3v) is 5.46. The summed E-state index contributed by atoms with van der Waals surface area (Å²) in [5.41, 5.74) is 6.17. The van der Waals surface area contributed by atoms with Crippen LogP contribution in [0.15, 0.2) is 0 Å². The first-order valence-electron chi connectivity index (χ1n) is 7.98. The van der Waals surface area contributed by atoms with Gasteiger partial charge in [0.1, 0.15) is 0 Å². The monoisotopic (exact) mass is 252 g/mol. The van der Waals surface area contributed by atoms with Crippen molar-refractivity contribution in [1.29, 1.82) is 0 Å². The average molecular weight is 252 g/mol. The third kappa shape index (κ3) is 3.08. The Morgan fingerprint density at radius 1 is 1.11 bits per heavy atom. The van der Waals surface area contributed by atoms with Gasteiger partial charge in [0, 0.05) is 18.6 Å². The second kappa shape index (κ2) is 5.92. The summed E-state index contributed by atoms with van der Waals surface area (Å²) in [6.07, 6.45) is 5.46. The van der Waals surface area contributed by atoms with E-state index < -0.39 is 0 Å². The summed E-state index contributed by atoms with van der Waals surface area (Å²) in [5.74, 6) is 3.32. The van der Waals surface area contributed by atoms with Gasteiger partial charge in [-0.15, -0.1) is 0 Å². The maximum absolute atomic E-state index is 6.17. The molecule has 0 aromatic rings. The Labute approximate surface area is 113 Å². The fourth-order valence-electron chi connectivity index (χ4n) is 4.07. The van der Waals surface area contributed by atoms with Gasteiger partial charge in [0.25, 0.3) is 0 Å². The highest BCUT2D eigenvalue weighted by atomic mass is 15.2. The molecule has 2 rings (SSSR count). The van der Waals surface area contributed by atoms with Crippen LogP contribution in [0.1, 0.15) is 53.4 Å². The van der Waals surface area contributed by atoms with Gasteiger partial charge in [-0.1, -0.05) is 34.1 Å². The van der Waals surface area contributed by atoms with E-state index in [1.165, 1.54) is 38.8 Å². The van der Waals surface area contributed by atoms with Crippen LogP contribution in [0.2, 0.25) is 0 Å². The highest BCUT2D eigenvalue weighted by Gasteiger charge is 2.37.